The highest BCUT2D eigenvalue weighted by Gasteiger charge is 2.21. The molecule has 5 nitrogen and oxygen atoms in total. The van der Waals surface area contributed by atoms with Gasteiger partial charge < -0.3 is 5.32 Å². The lowest BCUT2D eigenvalue weighted by molar-refractivity contribution is 0.597. The topological polar surface area (TPSA) is 85.1 Å². The van der Waals surface area contributed by atoms with Crippen LogP contribution in [0.2, 0.25) is 0 Å². The minimum atomic E-state index is -3.47. The Morgan fingerprint density at radius 3 is 2.81 bits per heavy atom. The number of nitrogens with zero attached hydrogens (tertiary/aromatic N) is 1. The molecule has 1 aromatic heterocycles. The van der Waals surface area contributed by atoms with E-state index in [1.54, 1.807) is 0 Å². The van der Waals surface area contributed by atoms with Gasteiger partial charge in [-0.25, -0.2) is 18.5 Å². The summed E-state index contributed by atoms with van der Waals surface area (Å²) >= 11 is 1.42. The van der Waals surface area contributed by atoms with Crippen molar-refractivity contribution in [2.45, 2.75) is 38.1 Å². The van der Waals surface area contributed by atoms with E-state index in [1.807, 2.05) is 6.92 Å². The zero-order valence-corrected chi connectivity index (χ0v) is 10.7. The van der Waals surface area contributed by atoms with Crippen molar-refractivity contribution in [1.82, 2.24) is 10.3 Å². The third-order valence-corrected chi connectivity index (χ3v) is 4.41. The molecule has 0 spiro atoms. The van der Waals surface area contributed by atoms with E-state index < -0.39 is 10.0 Å². The predicted octanol–water partition coefficient (Wildman–Crippen LogP) is 0.492. The van der Waals surface area contributed by atoms with Crippen molar-refractivity contribution in [1.29, 1.82) is 0 Å². The van der Waals surface area contributed by atoms with E-state index in [9.17, 15) is 8.42 Å². The molecule has 0 amide bonds. The summed E-state index contributed by atoms with van der Waals surface area (Å²) in [5, 5.41) is 8.94. The van der Waals surface area contributed by atoms with Crippen LogP contribution in [-0.2, 0) is 22.3 Å². The summed E-state index contributed by atoms with van der Waals surface area (Å²) in [6.45, 7) is 2.67. The maximum atomic E-state index is 10.9. The van der Waals surface area contributed by atoms with Crippen molar-refractivity contribution in [3.8, 4) is 0 Å². The van der Waals surface area contributed by atoms with E-state index in [1.165, 1.54) is 24.2 Å². The summed E-state index contributed by atoms with van der Waals surface area (Å²) in [6.07, 6.45) is 2.48. The summed E-state index contributed by atoms with van der Waals surface area (Å²) in [6, 6.07) is 0.642. The van der Waals surface area contributed by atoms with E-state index in [4.69, 9.17) is 5.14 Å². The van der Waals surface area contributed by atoms with Crippen molar-refractivity contribution in [2.24, 2.45) is 5.14 Å². The van der Waals surface area contributed by atoms with Gasteiger partial charge in [-0.2, -0.15) is 0 Å². The van der Waals surface area contributed by atoms with Gasteiger partial charge >= 0.3 is 0 Å². The smallest absolute Gasteiger partial charge is 0.215 e. The molecule has 0 saturated heterocycles. The number of thiazole rings is 1. The van der Waals surface area contributed by atoms with Gasteiger partial charge in [-0.05, 0) is 19.8 Å². The Morgan fingerprint density at radius 2 is 2.25 bits per heavy atom. The number of hydrogen-bond donors (Lipinski definition) is 2. The van der Waals surface area contributed by atoms with E-state index in [-0.39, 0.29) is 5.75 Å². The second-order valence-electron chi connectivity index (χ2n) is 4.08. The number of sulfonamides is 1. The Morgan fingerprint density at radius 1 is 1.56 bits per heavy atom. The average molecular weight is 261 g/mol. The van der Waals surface area contributed by atoms with Crippen LogP contribution in [0.5, 0.6) is 0 Å². The van der Waals surface area contributed by atoms with Gasteiger partial charge in [0.2, 0.25) is 10.0 Å². The minimum absolute atomic E-state index is 0.165. The van der Waals surface area contributed by atoms with Crippen LogP contribution >= 0.6 is 11.3 Å². The number of rotatable bonds is 5. The molecular weight excluding hydrogens is 246 g/mol. The molecule has 0 aromatic carbocycles. The Bertz CT molecular complexity index is 477. The van der Waals surface area contributed by atoms with E-state index in [0.717, 1.165) is 17.1 Å². The Kier molecular flexibility index (Phi) is 3.29. The molecule has 1 saturated carbocycles. The molecule has 0 radical (unpaired) electrons. The molecular formula is C9H15N3O2S2. The highest BCUT2D eigenvalue weighted by Crippen LogP contribution is 2.23. The van der Waals surface area contributed by atoms with Crippen molar-refractivity contribution < 1.29 is 8.42 Å². The summed E-state index contributed by atoms with van der Waals surface area (Å²) < 4.78 is 21.9. The van der Waals surface area contributed by atoms with Crippen LogP contribution in [-0.4, -0.2) is 19.4 Å². The van der Waals surface area contributed by atoms with Crippen molar-refractivity contribution in [2.75, 3.05) is 0 Å². The minimum Gasteiger partial charge on any atom is -0.309 e. The lowest BCUT2D eigenvalue weighted by atomic mass is 10.4. The number of nitrogens with two attached hydrogens (primary N) is 1. The molecule has 1 aliphatic carbocycles. The first-order valence-electron chi connectivity index (χ1n) is 5.13. The molecule has 7 heteroatoms. The van der Waals surface area contributed by atoms with E-state index in [2.05, 4.69) is 10.3 Å². The Balaban J connectivity index is 2.02. The second kappa shape index (κ2) is 4.40. The zero-order chi connectivity index (χ0) is 11.8. The van der Waals surface area contributed by atoms with Crippen LogP contribution in [0.15, 0.2) is 0 Å². The molecule has 16 heavy (non-hydrogen) atoms. The maximum absolute atomic E-state index is 10.9. The van der Waals surface area contributed by atoms with Crippen molar-refractivity contribution in [3.63, 3.8) is 0 Å². The first kappa shape index (κ1) is 12.0. The molecule has 90 valence electrons. The number of aryl methyl sites for hydroxylation is 1. The Hall–Kier alpha value is -0.500. The first-order valence-corrected chi connectivity index (χ1v) is 7.66. The van der Waals surface area contributed by atoms with Gasteiger partial charge in [-0.3, -0.25) is 0 Å². The van der Waals surface area contributed by atoms with Crippen LogP contribution < -0.4 is 10.5 Å². The summed E-state index contributed by atoms with van der Waals surface area (Å²) in [4.78, 5) is 5.32. The van der Waals surface area contributed by atoms with Crippen molar-refractivity contribution in [3.05, 3.63) is 15.6 Å². The number of aromatic nitrogens is 1. The molecule has 0 atom stereocenters. The maximum Gasteiger partial charge on any atom is 0.215 e. The quantitative estimate of drug-likeness (QED) is 0.808. The summed E-state index contributed by atoms with van der Waals surface area (Å²) in [5.74, 6) is -0.165. The number of nitrogens with one attached hydrogen (secondary N) is 1. The average Bonchev–Trinajstić information content (AvgIpc) is 2.87. The molecule has 2 rings (SSSR count). The summed E-state index contributed by atoms with van der Waals surface area (Å²) in [7, 11) is -3.47. The molecule has 1 fully saturated rings. The largest absolute Gasteiger partial charge is 0.309 e. The third-order valence-electron chi connectivity index (χ3n) is 2.39. The van der Waals surface area contributed by atoms with Crippen LogP contribution in [0.3, 0.4) is 0 Å². The van der Waals surface area contributed by atoms with Gasteiger partial charge in [0.1, 0.15) is 10.8 Å². The molecule has 0 unspecified atom stereocenters. The fourth-order valence-electron chi connectivity index (χ4n) is 1.41. The van der Waals surface area contributed by atoms with Gasteiger partial charge in [-0.15, -0.1) is 11.3 Å². The third kappa shape index (κ3) is 3.51. The van der Waals surface area contributed by atoms with E-state index in [0.29, 0.717) is 11.0 Å². The molecule has 0 aliphatic heterocycles. The molecule has 1 aromatic rings. The van der Waals surface area contributed by atoms with Gasteiger partial charge in [0.15, 0.2) is 0 Å². The lowest BCUT2D eigenvalue weighted by Gasteiger charge is -1.99. The number of primary sulfonamides is 1. The zero-order valence-electron chi connectivity index (χ0n) is 9.06. The van der Waals surface area contributed by atoms with Crippen LogP contribution in [0.25, 0.3) is 0 Å². The van der Waals surface area contributed by atoms with Crippen molar-refractivity contribution >= 4 is 21.4 Å². The second-order valence-corrected chi connectivity index (χ2v) is 6.86. The van der Waals surface area contributed by atoms with Crippen LogP contribution in [0.4, 0.5) is 0 Å². The normalized spacial score (nSPS) is 16.6. The molecule has 1 aliphatic rings. The SMILES string of the molecule is Cc1nc(CS(N)(=O)=O)sc1CNC1CC1. The molecule has 1 heterocycles. The van der Waals surface area contributed by atoms with Crippen LogP contribution in [0, 0.1) is 6.92 Å². The highest BCUT2D eigenvalue weighted by molar-refractivity contribution is 7.88. The fourth-order valence-corrected chi connectivity index (χ4v) is 3.36. The lowest BCUT2D eigenvalue weighted by Crippen LogP contribution is -2.14. The standard InChI is InChI=1S/C9H15N3O2S2/c1-6-8(4-11-7-2-3-7)15-9(12-6)5-16(10,13)14/h7,11H,2-5H2,1H3,(H2,10,13,14). The molecule has 3 N–H and O–H groups in total. The van der Waals surface area contributed by atoms with Gasteiger partial charge in [-0.1, -0.05) is 0 Å². The summed E-state index contributed by atoms with van der Waals surface area (Å²) in [5.41, 5.74) is 0.900. The predicted molar refractivity (Wildman–Crippen MR) is 63.5 cm³/mol. The fraction of sp³-hybridized carbons (Fsp3) is 0.667. The van der Waals surface area contributed by atoms with Gasteiger partial charge in [0.25, 0.3) is 0 Å². The molecule has 0 bridgehead atoms. The monoisotopic (exact) mass is 261 g/mol. The number of hydrogen-bond acceptors (Lipinski definition) is 5. The highest BCUT2D eigenvalue weighted by atomic mass is 32.2. The Labute approximate surface area is 99.1 Å². The van der Waals surface area contributed by atoms with E-state index >= 15 is 0 Å². The van der Waals surface area contributed by atoms with Gasteiger partial charge in [0, 0.05) is 17.5 Å². The van der Waals surface area contributed by atoms with Crippen LogP contribution in [0.1, 0.15) is 28.4 Å². The first-order chi connectivity index (χ1) is 7.44. The van der Waals surface area contributed by atoms with Gasteiger partial charge in [0.05, 0.1) is 5.69 Å².